The van der Waals surface area contributed by atoms with Gasteiger partial charge in [0.15, 0.2) is 5.96 Å². The van der Waals surface area contributed by atoms with Crippen LogP contribution in [0.4, 0.5) is 0 Å². The molecular weight excluding hydrogens is 328 g/mol. The molecule has 1 aliphatic rings. The van der Waals surface area contributed by atoms with Gasteiger partial charge < -0.3 is 15.5 Å². The SMILES string of the molecule is CCN1CCC(CNC(=NC)NCCSc2ccc(Cl)cc2)C1. The number of thioether (sulfide) groups is 1. The molecule has 6 heteroatoms. The predicted octanol–water partition coefficient (Wildman–Crippen LogP) is 2.94. The number of likely N-dealkylation sites (tertiary alicyclic amines) is 1. The lowest BCUT2D eigenvalue weighted by molar-refractivity contribution is 0.342. The summed E-state index contributed by atoms with van der Waals surface area (Å²) in [7, 11) is 1.83. The maximum absolute atomic E-state index is 5.89. The molecule has 1 aliphatic heterocycles. The topological polar surface area (TPSA) is 39.7 Å². The van der Waals surface area contributed by atoms with Gasteiger partial charge in [0, 0.05) is 42.4 Å². The van der Waals surface area contributed by atoms with Crippen molar-refractivity contribution in [3.8, 4) is 0 Å². The molecule has 1 heterocycles. The van der Waals surface area contributed by atoms with Crippen LogP contribution >= 0.6 is 23.4 Å². The zero-order valence-electron chi connectivity index (χ0n) is 14.0. The van der Waals surface area contributed by atoms with Crippen molar-refractivity contribution in [2.45, 2.75) is 18.2 Å². The second-order valence-corrected chi connectivity index (χ2v) is 7.33. The molecule has 0 amide bonds. The molecule has 1 atom stereocenters. The molecular formula is C17H27ClN4S. The third-order valence-corrected chi connectivity index (χ3v) is 5.34. The van der Waals surface area contributed by atoms with E-state index in [-0.39, 0.29) is 0 Å². The van der Waals surface area contributed by atoms with Crippen molar-refractivity contribution in [1.29, 1.82) is 0 Å². The molecule has 1 fully saturated rings. The van der Waals surface area contributed by atoms with Crippen LogP contribution in [0.15, 0.2) is 34.2 Å². The van der Waals surface area contributed by atoms with Crippen molar-refractivity contribution in [3.63, 3.8) is 0 Å². The number of rotatable bonds is 7. The Balaban J connectivity index is 1.60. The molecule has 2 N–H and O–H groups in total. The Hall–Kier alpha value is -0.910. The average molecular weight is 355 g/mol. The molecule has 0 radical (unpaired) electrons. The lowest BCUT2D eigenvalue weighted by Gasteiger charge is -2.16. The van der Waals surface area contributed by atoms with Gasteiger partial charge in [-0.15, -0.1) is 11.8 Å². The van der Waals surface area contributed by atoms with Crippen LogP contribution in [0.5, 0.6) is 0 Å². The standard InChI is InChI=1S/C17H27ClN4S/c1-3-22-10-8-14(13-22)12-21-17(19-2)20-9-11-23-16-6-4-15(18)5-7-16/h4-7,14H,3,8-13H2,1-2H3,(H2,19,20,21). The number of halogens is 1. The zero-order chi connectivity index (χ0) is 16.5. The van der Waals surface area contributed by atoms with E-state index in [1.165, 1.54) is 24.4 Å². The summed E-state index contributed by atoms with van der Waals surface area (Å²) in [5.74, 6) is 2.63. The highest BCUT2D eigenvalue weighted by molar-refractivity contribution is 7.99. The highest BCUT2D eigenvalue weighted by atomic mass is 35.5. The molecule has 1 aromatic carbocycles. The van der Waals surface area contributed by atoms with Crippen LogP contribution in [0.3, 0.4) is 0 Å². The second-order valence-electron chi connectivity index (χ2n) is 5.73. The fourth-order valence-corrected chi connectivity index (χ4v) is 3.59. The van der Waals surface area contributed by atoms with Gasteiger partial charge in [-0.2, -0.15) is 0 Å². The Morgan fingerprint density at radius 1 is 1.35 bits per heavy atom. The number of aliphatic imine (C=N–C) groups is 1. The first-order valence-electron chi connectivity index (χ1n) is 8.26. The van der Waals surface area contributed by atoms with Gasteiger partial charge in [-0.25, -0.2) is 0 Å². The molecule has 2 rings (SSSR count). The van der Waals surface area contributed by atoms with Crippen molar-refractivity contribution in [1.82, 2.24) is 15.5 Å². The van der Waals surface area contributed by atoms with Crippen molar-refractivity contribution < 1.29 is 0 Å². The van der Waals surface area contributed by atoms with Crippen LogP contribution in [0.25, 0.3) is 0 Å². The normalized spacial score (nSPS) is 19.1. The minimum absolute atomic E-state index is 0.733. The molecule has 1 unspecified atom stereocenters. The van der Waals surface area contributed by atoms with Crippen molar-refractivity contribution in [2.75, 3.05) is 45.5 Å². The summed E-state index contributed by atoms with van der Waals surface area (Å²) in [6.07, 6.45) is 1.28. The number of hydrogen-bond donors (Lipinski definition) is 2. The van der Waals surface area contributed by atoms with Gasteiger partial charge in [0.1, 0.15) is 0 Å². The van der Waals surface area contributed by atoms with Crippen molar-refractivity contribution in [2.24, 2.45) is 10.9 Å². The summed E-state index contributed by atoms with van der Waals surface area (Å²) in [5.41, 5.74) is 0. The van der Waals surface area contributed by atoms with Gasteiger partial charge in [-0.1, -0.05) is 18.5 Å². The van der Waals surface area contributed by atoms with Gasteiger partial charge in [-0.3, -0.25) is 4.99 Å². The minimum Gasteiger partial charge on any atom is -0.356 e. The van der Waals surface area contributed by atoms with E-state index in [9.17, 15) is 0 Å². The van der Waals surface area contributed by atoms with Gasteiger partial charge in [0.2, 0.25) is 0 Å². The number of nitrogens with zero attached hydrogens (tertiary/aromatic N) is 2. The Morgan fingerprint density at radius 3 is 2.78 bits per heavy atom. The van der Waals surface area contributed by atoms with E-state index in [4.69, 9.17) is 11.6 Å². The highest BCUT2D eigenvalue weighted by Crippen LogP contribution is 2.19. The smallest absolute Gasteiger partial charge is 0.191 e. The summed E-state index contributed by atoms with van der Waals surface area (Å²) >= 11 is 7.71. The Labute approximate surface area is 149 Å². The molecule has 1 aromatic rings. The third-order valence-electron chi connectivity index (χ3n) is 4.08. The van der Waals surface area contributed by atoms with E-state index in [0.29, 0.717) is 0 Å². The Bertz CT molecular complexity index is 492. The van der Waals surface area contributed by atoms with E-state index >= 15 is 0 Å². The Kier molecular flexibility index (Phi) is 8.06. The molecule has 1 saturated heterocycles. The lowest BCUT2D eigenvalue weighted by Crippen LogP contribution is -2.41. The zero-order valence-corrected chi connectivity index (χ0v) is 15.6. The number of guanidine groups is 1. The average Bonchev–Trinajstić information content (AvgIpc) is 3.04. The molecule has 0 aromatic heterocycles. The third kappa shape index (κ3) is 6.61. The van der Waals surface area contributed by atoms with Crippen LogP contribution in [0.2, 0.25) is 5.02 Å². The van der Waals surface area contributed by atoms with E-state index in [1.807, 2.05) is 30.9 Å². The monoisotopic (exact) mass is 354 g/mol. The van der Waals surface area contributed by atoms with Gasteiger partial charge in [-0.05, 0) is 49.7 Å². The van der Waals surface area contributed by atoms with Crippen LogP contribution in [0, 0.1) is 5.92 Å². The molecule has 0 bridgehead atoms. The fraction of sp³-hybridized carbons (Fsp3) is 0.588. The van der Waals surface area contributed by atoms with Crippen LogP contribution < -0.4 is 10.6 Å². The largest absolute Gasteiger partial charge is 0.356 e. The summed E-state index contributed by atoms with van der Waals surface area (Å²) < 4.78 is 0. The summed E-state index contributed by atoms with van der Waals surface area (Å²) in [5, 5.41) is 7.61. The summed E-state index contributed by atoms with van der Waals surface area (Å²) in [6, 6.07) is 7.97. The van der Waals surface area contributed by atoms with Crippen molar-refractivity contribution in [3.05, 3.63) is 29.3 Å². The van der Waals surface area contributed by atoms with E-state index < -0.39 is 0 Å². The van der Waals surface area contributed by atoms with Crippen LogP contribution in [-0.2, 0) is 0 Å². The van der Waals surface area contributed by atoms with Gasteiger partial charge in [0.25, 0.3) is 0 Å². The molecule has 0 saturated carbocycles. The van der Waals surface area contributed by atoms with Gasteiger partial charge in [0.05, 0.1) is 0 Å². The van der Waals surface area contributed by atoms with E-state index in [1.54, 1.807) is 0 Å². The molecule has 0 spiro atoms. The predicted molar refractivity (Wildman–Crippen MR) is 102 cm³/mol. The lowest BCUT2D eigenvalue weighted by atomic mass is 10.1. The second kappa shape index (κ2) is 10.1. The van der Waals surface area contributed by atoms with Crippen molar-refractivity contribution >= 4 is 29.3 Å². The maximum atomic E-state index is 5.89. The molecule has 4 nitrogen and oxygen atoms in total. The van der Waals surface area contributed by atoms with Gasteiger partial charge >= 0.3 is 0 Å². The quantitative estimate of drug-likeness (QED) is 0.342. The fourth-order valence-electron chi connectivity index (χ4n) is 2.70. The number of benzene rings is 1. The highest BCUT2D eigenvalue weighted by Gasteiger charge is 2.20. The number of nitrogens with one attached hydrogen (secondary N) is 2. The minimum atomic E-state index is 0.733. The summed E-state index contributed by atoms with van der Waals surface area (Å²) in [6.45, 7) is 7.71. The summed E-state index contributed by atoms with van der Waals surface area (Å²) in [4.78, 5) is 8.04. The van der Waals surface area contributed by atoms with Crippen LogP contribution in [-0.4, -0.2) is 56.4 Å². The maximum Gasteiger partial charge on any atom is 0.191 e. The van der Waals surface area contributed by atoms with E-state index in [2.05, 4.69) is 39.6 Å². The first kappa shape index (κ1) is 18.4. The molecule has 23 heavy (non-hydrogen) atoms. The first-order valence-corrected chi connectivity index (χ1v) is 9.63. The Morgan fingerprint density at radius 2 is 2.13 bits per heavy atom. The molecule has 0 aliphatic carbocycles. The van der Waals surface area contributed by atoms with E-state index in [0.717, 1.165) is 42.3 Å². The first-order chi connectivity index (χ1) is 11.2. The molecule has 128 valence electrons. The van der Waals surface area contributed by atoms with Crippen LogP contribution in [0.1, 0.15) is 13.3 Å². The number of hydrogen-bond acceptors (Lipinski definition) is 3.